The number of non-ortho nitro benzene ring substituents is 1. The van der Waals surface area contributed by atoms with Crippen LogP contribution in [-0.2, 0) is 9.59 Å². The molecule has 3 aromatic rings. The summed E-state index contributed by atoms with van der Waals surface area (Å²) in [7, 11) is 0. The van der Waals surface area contributed by atoms with E-state index >= 15 is 0 Å². The topological polar surface area (TPSA) is 168 Å². The van der Waals surface area contributed by atoms with Gasteiger partial charge in [-0.2, -0.15) is 5.26 Å². The zero-order valence-corrected chi connectivity index (χ0v) is 24.0. The lowest BCUT2D eigenvalue weighted by Crippen LogP contribution is -2.38. The second kappa shape index (κ2) is 11.7. The van der Waals surface area contributed by atoms with Gasteiger partial charge in [0.2, 0.25) is 11.0 Å². The molecule has 3 N–H and O–H groups in total. The number of hydrogen-bond acceptors (Lipinski definition) is 11. The Kier molecular flexibility index (Phi) is 8.07. The number of Topliss-reactive ketones (excluding diaryl/α,β-unsaturated/α-hetero) is 1. The molecule has 0 spiro atoms. The number of hydrogen-bond donors (Lipinski definition) is 2. The lowest BCUT2D eigenvalue weighted by atomic mass is 9.75. The van der Waals surface area contributed by atoms with Crippen LogP contribution in [0, 0.1) is 28.4 Å². The standard InChI is InChI=1S/C27H22ClN7O4S2/c1-14-5-2-3-6-16(14)23-17(12-29)25(30)34(20-7-4-8-21(36)24(20)23)26-32-33-27(41-26)40-13-22(37)31-19-11-15(35(38)39)9-10-18(19)28/h2-3,5-6,9-11,23H,4,7-8,13,30H2,1H3,(H,31,37). The van der Waals surface area contributed by atoms with Gasteiger partial charge in [-0.05, 0) is 37.0 Å². The minimum atomic E-state index is -0.577. The zero-order valence-electron chi connectivity index (χ0n) is 21.6. The van der Waals surface area contributed by atoms with Crippen LogP contribution in [0.2, 0.25) is 5.02 Å². The van der Waals surface area contributed by atoms with Gasteiger partial charge in [0.15, 0.2) is 10.1 Å². The van der Waals surface area contributed by atoms with Gasteiger partial charge < -0.3 is 11.1 Å². The van der Waals surface area contributed by atoms with Crippen molar-refractivity contribution in [1.82, 2.24) is 10.2 Å². The first-order chi connectivity index (χ1) is 19.7. The van der Waals surface area contributed by atoms with Gasteiger partial charge in [0.1, 0.15) is 5.82 Å². The highest BCUT2D eigenvalue weighted by molar-refractivity contribution is 8.01. The molecular weight excluding hydrogens is 586 g/mol. The number of benzene rings is 2. The van der Waals surface area contributed by atoms with Crippen molar-refractivity contribution < 1.29 is 14.5 Å². The number of nitro groups is 1. The Morgan fingerprint density at radius 3 is 2.83 bits per heavy atom. The maximum absolute atomic E-state index is 13.3. The summed E-state index contributed by atoms with van der Waals surface area (Å²) >= 11 is 8.36. The third-order valence-corrected chi connectivity index (χ3v) is 9.13. The number of nitrogens with zero attached hydrogens (tertiary/aromatic N) is 5. The number of anilines is 2. The molecule has 5 rings (SSSR count). The second-order valence-electron chi connectivity index (χ2n) is 9.28. The first kappa shape index (κ1) is 28.3. The number of nitriles is 1. The maximum Gasteiger partial charge on any atom is 0.271 e. The minimum absolute atomic E-state index is 0.0275. The number of aromatic nitrogens is 2. The number of carbonyl (C=O) groups excluding carboxylic acids is 2. The number of aryl methyl sites for hydroxylation is 1. The summed E-state index contributed by atoms with van der Waals surface area (Å²) in [5, 5.41) is 32.8. The third kappa shape index (κ3) is 5.54. The summed E-state index contributed by atoms with van der Waals surface area (Å²) in [5.74, 6) is -0.904. The lowest BCUT2D eigenvalue weighted by Gasteiger charge is -2.38. The van der Waals surface area contributed by atoms with E-state index < -0.39 is 16.7 Å². The van der Waals surface area contributed by atoms with Crippen molar-refractivity contribution in [3.63, 3.8) is 0 Å². The summed E-state index contributed by atoms with van der Waals surface area (Å²) in [6, 6.07) is 13.7. The summed E-state index contributed by atoms with van der Waals surface area (Å²) in [6.45, 7) is 1.94. The van der Waals surface area contributed by atoms with E-state index in [1.807, 2.05) is 31.2 Å². The van der Waals surface area contributed by atoms with E-state index in [9.17, 15) is 25.0 Å². The van der Waals surface area contributed by atoms with Gasteiger partial charge in [-0.15, -0.1) is 10.2 Å². The molecule has 2 aromatic carbocycles. The number of halogens is 1. The highest BCUT2D eigenvalue weighted by Gasteiger charge is 2.41. The van der Waals surface area contributed by atoms with Gasteiger partial charge in [0, 0.05) is 29.8 Å². The summed E-state index contributed by atoms with van der Waals surface area (Å²) in [4.78, 5) is 38.0. The largest absolute Gasteiger partial charge is 0.384 e. The molecule has 2 heterocycles. The zero-order chi connectivity index (χ0) is 29.3. The van der Waals surface area contributed by atoms with E-state index in [0.717, 1.165) is 22.9 Å². The minimum Gasteiger partial charge on any atom is -0.384 e. The molecule has 41 heavy (non-hydrogen) atoms. The predicted octanol–water partition coefficient (Wildman–Crippen LogP) is 5.44. The molecule has 1 atom stereocenters. The Labute approximate surface area is 247 Å². The van der Waals surface area contributed by atoms with Crippen LogP contribution in [0.25, 0.3) is 0 Å². The molecule has 14 heteroatoms. The predicted molar refractivity (Wildman–Crippen MR) is 156 cm³/mol. The number of allylic oxidation sites excluding steroid dienone is 3. The molecule has 2 aliphatic rings. The van der Waals surface area contributed by atoms with E-state index in [1.54, 1.807) is 4.90 Å². The molecular formula is C27H22ClN7O4S2. The van der Waals surface area contributed by atoms with Crippen LogP contribution >= 0.6 is 34.7 Å². The molecule has 1 amide bonds. The normalized spacial score (nSPS) is 16.9. The molecule has 0 saturated heterocycles. The van der Waals surface area contributed by atoms with Crippen molar-refractivity contribution in [3.05, 3.63) is 91.4 Å². The third-order valence-electron chi connectivity index (χ3n) is 6.76. The highest BCUT2D eigenvalue weighted by Crippen LogP contribution is 2.47. The van der Waals surface area contributed by atoms with Crippen LogP contribution in [0.1, 0.15) is 36.3 Å². The Morgan fingerprint density at radius 1 is 1.32 bits per heavy atom. The molecule has 0 fully saturated rings. The number of nitro benzene ring substituents is 1. The Balaban J connectivity index is 1.40. The molecule has 11 nitrogen and oxygen atoms in total. The summed E-state index contributed by atoms with van der Waals surface area (Å²) in [5.41, 5.74) is 9.87. The average Bonchev–Trinajstić information content (AvgIpc) is 3.41. The van der Waals surface area contributed by atoms with E-state index in [2.05, 4.69) is 21.6 Å². The van der Waals surface area contributed by atoms with Gasteiger partial charge in [-0.1, -0.05) is 59.0 Å². The van der Waals surface area contributed by atoms with Crippen molar-refractivity contribution in [1.29, 1.82) is 5.26 Å². The molecule has 0 bridgehead atoms. The van der Waals surface area contributed by atoms with E-state index in [4.69, 9.17) is 17.3 Å². The van der Waals surface area contributed by atoms with Crippen LogP contribution in [0.4, 0.5) is 16.5 Å². The van der Waals surface area contributed by atoms with Gasteiger partial charge in [-0.3, -0.25) is 24.6 Å². The number of nitrogens with two attached hydrogens (primary N) is 1. The van der Waals surface area contributed by atoms with Crippen LogP contribution < -0.4 is 16.0 Å². The number of carbonyl (C=O) groups is 2. The van der Waals surface area contributed by atoms with E-state index in [0.29, 0.717) is 40.0 Å². The van der Waals surface area contributed by atoms with Crippen molar-refractivity contribution >= 4 is 62.9 Å². The Morgan fingerprint density at radius 2 is 2.10 bits per heavy atom. The summed E-state index contributed by atoms with van der Waals surface area (Å²) < 4.78 is 0.455. The molecule has 0 saturated carbocycles. The first-order valence-electron chi connectivity index (χ1n) is 12.4. The number of ketones is 1. The Hall–Kier alpha value is -4.25. The fourth-order valence-electron chi connectivity index (χ4n) is 4.91. The number of rotatable bonds is 7. The molecule has 1 aromatic heterocycles. The number of thioether (sulfide) groups is 1. The van der Waals surface area contributed by atoms with E-state index in [-0.39, 0.29) is 39.3 Å². The second-order valence-corrected chi connectivity index (χ2v) is 11.9. The van der Waals surface area contributed by atoms with Crippen LogP contribution in [0.3, 0.4) is 0 Å². The van der Waals surface area contributed by atoms with Gasteiger partial charge in [-0.25, -0.2) is 0 Å². The van der Waals surface area contributed by atoms with Crippen molar-refractivity contribution in [3.8, 4) is 6.07 Å². The van der Waals surface area contributed by atoms with Crippen molar-refractivity contribution in [2.24, 2.45) is 5.73 Å². The quantitative estimate of drug-likeness (QED) is 0.200. The van der Waals surface area contributed by atoms with Gasteiger partial charge in [0.25, 0.3) is 5.69 Å². The molecule has 208 valence electrons. The van der Waals surface area contributed by atoms with Crippen molar-refractivity contribution in [2.45, 2.75) is 36.4 Å². The monoisotopic (exact) mass is 607 g/mol. The number of nitrogens with one attached hydrogen (secondary N) is 1. The van der Waals surface area contributed by atoms with Crippen LogP contribution in [-0.4, -0.2) is 32.6 Å². The highest BCUT2D eigenvalue weighted by atomic mass is 35.5. The maximum atomic E-state index is 13.3. The van der Waals surface area contributed by atoms with Crippen LogP contribution in [0.15, 0.2) is 69.5 Å². The van der Waals surface area contributed by atoms with Gasteiger partial charge >= 0.3 is 0 Å². The molecule has 1 aliphatic carbocycles. The van der Waals surface area contributed by atoms with Crippen molar-refractivity contribution in [2.75, 3.05) is 16.0 Å². The first-order valence-corrected chi connectivity index (χ1v) is 14.6. The fourth-order valence-corrected chi connectivity index (χ4v) is 6.76. The van der Waals surface area contributed by atoms with Gasteiger partial charge in [0.05, 0.1) is 38.9 Å². The smallest absolute Gasteiger partial charge is 0.271 e. The average molecular weight is 608 g/mol. The number of amides is 1. The van der Waals surface area contributed by atoms with E-state index in [1.165, 1.54) is 29.5 Å². The molecule has 0 radical (unpaired) electrons. The molecule has 1 unspecified atom stereocenters. The molecule has 1 aliphatic heterocycles. The van der Waals surface area contributed by atoms with Crippen LogP contribution in [0.5, 0.6) is 0 Å². The lowest BCUT2D eigenvalue weighted by molar-refractivity contribution is -0.384. The fraction of sp³-hybridized carbons (Fsp3) is 0.222. The SMILES string of the molecule is Cc1ccccc1C1C(C#N)=C(N)N(c2nnc(SCC(=O)Nc3cc([N+](=O)[O-])ccc3Cl)s2)C2=C1C(=O)CCC2. The Bertz CT molecular complexity index is 1690. The summed E-state index contributed by atoms with van der Waals surface area (Å²) in [6.07, 6.45) is 1.61.